The fraction of sp³-hybridized carbons (Fsp3) is 0.704. The molecule has 178 valence electrons. The van der Waals surface area contributed by atoms with E-state index < -0.39 is 11.6 Å². The number of piperidine rings is 1. The van der Waals surface area contributed by atoms with Crippen molar-refractivity contribution in [3.63, 3.8) is 0 Å². The predicted octanol–water partition coefficient (Wildman–Crippen LogP) is 6.12. The molecule has 0 bridgehead atoms. The number of halogens is 2. The Kier molecular flexibility index (Phi) is 7.88. The third kappa shape index (κ3) is 5.20. The summed E-state index contributed by atoms with van der Waals surface area (Å²) in [5.74, 6) is -1.42. The van der Waals surface area contributed by atoms with E-state index in [4.69, 9.17) is 0 Å². The highest BCUT2D eigenvalue weighted by molar-refractivity contribution is 5.23. The number of hydrogen-bond donors (Lipinski definition) is 0. The van der Waals surface area contributed by atoms with Gasteiger partial charge in [0.2, 0.25) is 0 Å². The second kappa shape index (κ2) is 10.6. The number of allylic oxidation sites excluding steroid dienone is 1. The topological polar surface area (TPSA) is 9.72 Å². The normalized spacial score (nSPS) is 28.8. The lowest BCUT2D eigenvalue weighted by Crippen LogP contribution is -2.54. The van der Waals surface area contributed by atoms with Gasteiger partial charge in [0, 0.05) is 55.1 Å². The van der Waals surface area contributed by atoms with Gasteiger partial charge in [-0.15, -0.1) is 0 Å². The van der Waals surface area contributed by atoms with Crippen molar-refractivity contribution in [1.29, 1.82) is 0 Å². The smallest absolute Gasteiger partial charge is 0.163 e. The summed E-state index contributed by atoms with van der Waals surface area (Å²) in [5.41, 5.74) is 1.75. The minimum atomic E-state index is -0.743. The quantitative estimate of drug-likeness (QED) is 0.522. The zero-order chi connectivity index (χ0) is 22.7. The first-order valence-corrected chi connectivity index (χ1v) is 12.8. The third-order valence-electron chi connectivity index (χ3n) is 8.35. The summed E-state index contributed by atoms with van der Waals surface area (Å²) in [7, 11) is 2.08. The van der Waals surface area contributed by atoms with Gasteiger partial charge in [-0.2, -0.15) is 0 Å². The van der Waals surface area contributed by atoms with Gasteiger partial charge >= 0.3 is 0 Å². The number of rotatable bonds is 6. The molecule has 1 unspecified atom stereocenters. The van der Waals surface area contributed by atoms with Gasteiger partial charge in [0.05, 0.1) is 0 Å². The molecule has 5 heteroatoms. The summed E-state index contributed by atoms with van der Waals surface area (Å²) in [6.07, 6.45) is 12.0. The Labute approximate surface area is 193 Å². The van der Waals surface area contributed by atoms with E-state index in [1.165, 1.54) is 43.9 Å². The van der Waals surface area contributed by atoms with Crippen molar-refractivity contribution < 1.29 is 8.78 Å². The van der Waals surface area contributed by atoms with E-state index in [0.29, 0.717) is 17.6 Å². The molecule has 3 aliphatic rings. The monoisotopic (exact) mass is 445 g/mol. The van der Waals surface area contributed by atoms with E-state index in [0.717, 1.165) is 57.8 Å². The number of piperazine rings is 1. The van der Waals surface area contributed by atoms with Gasteiger partial charge in [0.25, 0.3) is 0 Å². The van der Waals surface area contributed by atoms with Crippen molar-refractivity contribution in [3.05, 3.63) is 47.7 Å². The Balaban J connectivity index is 1.30. The molecule has 32 heavy (non-hydrogen) atoms. The van der Waals surface area contributed by atoms with Crippen LogP contribution in [-0.2, 0) is 0 Å². The molecule has 2 saturated heterocycles. The molecule has 2 heterocycles. The highest BCUT2D eigenvalue weighted by atomic mass is 19.2. The molecule has 3 atom stereocenters. The molecule has 0 aromatic heterocycles. The van der Waals surface area contributed by atoms with Crippen molar-refractivity contribution in [2.24, 2.45) is 0 Å². The first-order valence-electron chi connectivity index (χ1n) is 12.8. The van der Waals surface area contributed by atoms with Crippen LogP contribution >= 0.6 is 0 Å². The average Bonchev–Trinajstić information content (AvgIpc) is 2.81. The van der Waals surface area contributed by atoms with E-state index in [9.17, 15) is 8.78 Å². The Morgan fingerprint density at radius 1 is 1.03 bits per heavy atom. The SMILES string of the molecule is C=C(CC[C@H]1CCC[C@@H](c2cccc(F)c2F)N1C)N1CCN(C2CCCCC2)CC1C. The fourth-order valence-electron chi connectivity index (χ4n) is 6.42. The lowest BCUT2D eigenvalue weighted by Gasteiger charge is -2.46. The Morgan fingerprint density at radius 3 is 2.56 bits per heavy atom. The van der Waals surface area contributed by atoms with E-state index in [1.807, 2.05) is 0 Å². The fourth-order valence-corrected chi connectivity index (χ4v) is 6.42. The van der Waals surface area contributed by atoms with Crippen LogP contribution in [0.1, 0.15) is 82.7 Å². The predicted molar refractivity (Wildman–Crippen MR) is 127 cm³/mol. The molecule has 0 N–H and O–H groups in total. The van der Waals surface area contributed by atoms with Crippen LogP contribution in [-0.4, -0.2) is 59.5 Å². The first kappa shape index (κ1) is 23.7. The number of nitrogens with zero attached hydrogens (tertiary/aromatic N) is 3. The van der Waals surface area contributed by atoms with Crippen LogP contribution in [0.2, 0.25) is 0 Å². The van der Waals surface area contributed by atoms with E-state index in [1.54, 1.807) is 12.1 Å². The van der Waals surface area contributed by atoms with Crippen LogP contribution in [0, 0.1) is 11.6 Å². The van der Waals surface area contributed by atoms with Crippen LogP contribution < -0.4 is 0 Å². The van der Waals surface area contributed by atoms with Crippen molar-refractivity contribution >= 4 is 0 Å². The largest absolute Gasteiger partial charge is 0.370 e. The molecule has 2 aliphatic heterocycles. The van der Waals surface area contributed by atoms with Gasteiger partial charge in [-0.3, -0.25) is 9.80 Å². The summed E-state index contributed by atoms with van der Waals surface area (Å²) < 4.78 is 28.2. The standard InChI is InChI=1S/C27H41F2N3/c1-20(32-18-17-31(19-21(32)2)23-9-5-4-6-10-23)15-16-22-11-7-14-26(30(22)3)24-12-8-13-25(28)27(24)29/h8,12-13,21-23,26H,1,4-7,9-11,14-19H2,2-3H3/t21?,22-,26+/m1/s1. The van der Waals surface area contributed by atoms with Gasteiger partial charge in [-0.05, 0) is 65.0 Å². The molecular weight excluding hydrogens is 404 g/mol. The van der Waals surface area contributed by atoms with E-state index in [-0.39, 0.29) is 6.04 Å². The van der Waals surface area contributed by atoms with Gasteiger partial charge in [0.1, 0.15) is 0 Å². The second-order valence-electron chi connectivity index (χ2n) is 10.3. The highest BCUT2D eigenvalue weighted by Gasteiger charge is 2.32. The maximum absolute atomic E-state index is 14.4. The van der Waals surface area contributed by atoms with Crippen LogP contribution in [0.5, 0.6) is 0 Å². The minimum Gasteiger partial charge on any atom is -0.370 e. The molecule has 3 nitrogen and oxygen atoms in total. The number of likely N-dealkylation sites (tertiary alicyclic amines) is 1. The van der Waals surface area contributed by atoms with Gasteiger partial charge in [-0.1, -0.05) is 38.0 Å². The van der Waals surface area contributed by atoms with Crippen molar-refractivity contribution in [3.8, 4) is 0 Å². The number of benzene rings is 1. The Bertz CT molecular complexity index is 776. The lowest BCUT2D eigenvalue weighted by atomic mass is 9.89. The minimum absolute atomic E-state index is 0.0457. The van der Waals surface area contributed by atoms with Crippen molar-refractivity contribution in [2.45, 2.75) is 95.3 Å². The molecule has 0 radical (unpaired) electrons. The molecule has 1 aromatic rings. The molecular formula is C27H41F2N3. The van der Waals surface area contributed by atoms with Crippen LogP contribution in [0.4, 0.5) is 8.78 Å². The average molecular weight is 446 g/mol. The van der Waals surface area contributed by atoms with Crippen molar-refractivity contribution in [2.75, 3.05) is 26.7 Å². The van der Waals surface area contributed by atoms with E-state index in [2.05, 4.69) is 35.3 Å². The Morgan fingerprint density at radius 2 is 1.81 bits per heavy atom. The molecule has 0 spiro atoms. The highest BCUT2D eigenvalue weighted by Crippen LogP contribution is 2.37. The van der Waals surface area contributed by atoms with Gasteiger partial charge in [-0.25, -0.2) is 8.78 Å². The van der Waals surface area contributed by atoms with Crippen LogP contribution in [0.25, 0.3) is 0 Å². The number of hydrogen-bond acceptors (Lipinski definition) is 3. The summed E-state index contributed by atoms with van der Waals surface area (Å²) in [5, 5.41) is 0. The van der Waals surface area contributed by atoms with Crippen LogP contribution in [0.3, 0.4) is 0 Å². The molecule has 0 amide bonds. The third-order valence-corrected chi connectivity index (χ3v) is 8.35. The molecule has 1 saturated carbocycles. The van der Waals surface area contributed by atoms with Crippen molar-refractivity contribution in [1.82, 2.24) is 14.7 Å². The van der Waals surface area contributed by atoms with Gasteiger partial charge in [0.15, 0.2) is 11.6 Å². The first-order chi connectivity index (χ1) is 15.5. The molecule has 4 rings (SSSR count). The summed E-state index contributed by atoms with van der Waals surface area (Å²) in [4.78, 5) is 7.52. The summed E-state index contributed by atoms with van der Waals surface area (Å²) >= 11 is 0. The van der Waals surface area contributed by atoms with Gasteiger partial charge < -0.3 is 4.90 Å². The molecule has 1 aromatic carbocycles. The maximum Gasteiger partial charge on any atom is 0.163 e. The summed E-state index contributed by atoms with van der Waals surface area (Å²) in [6.45, 7) is 10.2. The molecule has 1 aliphatic carbocycles. The lowest BCUT2D eigenvalue weighted by molar-refractivity contribution is 0.0573. The zero-order valence-corrected chi connectivity index (χ0v) is 20.0. The summed E-state index contributed by atoms with van der Waals surface area (Å²) in [6, 6.07) is 6.21. The van der Waals surface area contributed by atoms with Crippen LogP contribution in [0.15, 0.2) is 30.5 Å². The second-order valence-corrected chi connectivity index (χ2v) is 10.3. The van der Waals surface area contributed by atoms with E-state index >= 15 is 0 Å². The maximum atomic E-state index is 14.4. The Hall–Kier alpha value is -1.46. The molecule has 3 fully saturated rings. The zero-order valence-electron chi connectivity index (χ0n) is 20.0.